The lowest BCUT2D eigenvalue weighted by atomic mass is 10.1. The third kappa shape index (κ3) is 2.16. The molecule has 0 aromatic rings. The summed E-state index contributed by atoms with van der Waals surface area (Å²) in [5, 5.41) is 0. The van der Waals surface area contributed by atoms with Gasteiger partial charge in [-0.3, -0.25) is 0 Å². The second-order valence-electron chi connectivity index (χ2n) is 2.25. The van der Waals surface area contributed by atoms with Crippen LogP contribution in [0.1, 0.15) is 12.8 Å². The molecule has 2 heteroatoms. The highest BCUT2D eigenvalue weighted by Crippen LogP contribution is 2.10. The minimum atomic E-state index is 0.651. The Balaban J connectivity index is 2.30. The van der Waals surface area contributed by atoms with Gasteiger partial charge in [0.1, 0.15) is 0 Å². The minimum Gasteiger partial charge on any atom is -0.377 e. The topological polar surface area (TPSA) is 35.2 Å². The predicted molar refractivity (Wildman–Crippen MR) is 37.2 cm³/mol. The Labute approximate surface area is 55.7 Å². The summed E-state index contributed by atoms with van der Waals surface area (Å²) >= 11 is 0. The molecule has 1 aliphatic heterocycles. The van der Waals surface area contributed by atoms with Crippen LogP contribution >= 0.6 is 0 Å². The van der Waals surface area contributed by atoms with Crippen LogP contribution in [-0.2, 0) is 4.74 Å². The highest BCUT2D eigenvalue weighted by Gasteiger charge is 2.02. The first-order valence-corrected chi connectivity index (χ1v) is 3.39. The predicted octanol–water partition coefficient (Wildman–Crippen LogP) is 0.682. The zero-order valence-corrected chi connectivity index (χ0v) is 5.60. The quantitative estimate of drug-likeness (QED) is 0.526. The molecule has 0 saturated carbocycles. The van der Waals surface area contributed by atoms with E-state index in [1.807, 2.05) is 0 Å². The van der Waals surface area contributed by atoms with Gasteiger partial charge >= 0.3 is 0 Å². The molecule has 2 nitrogen and oxygen atoms in total. The van der Waals surface area contributed by atoms with E-state index in [9.17, 15) is 0 Å². The minimum absolute atomic E-state index is 0.651. The first-order valence-electron chi connectivity index (χ1n) is 3.39. The van der Waals surface area contributed by atoms with Crippen molar-refractivity contribution in [1.29, 1.82) is 0 Å². The molecule has 0 aromatic carbocycles. The summed E-state index contributed by atoms with van der Waals surface area (Å²) in [4.78, 5) is 0. The number of ether oxygens (including phenoxy) is 1. The zero-order chi connectivity index (χ0) is 6.53. The van der Waals surface area contributed by atoms with E-state index in [0.29, 0.717) is 6.54 Å². The molecule has 0 bridgehead atoms. The lowest BCUT2D eigenvalue weighted by Crippen LogP contribution is -2.09. The third-order valence-electron chi connectivity index (χ3n) is 1.48. The molecular formula is C7H13NO. The molecule has 0 unspecified atom stereocenters. The molecule has 0 amide bonds. The Kier molecular flexibility index (Phi) is 2.74. The van der Waals surface area contributed by atoms with Gasteiger partial charge in [-0.05, 0) is 18.4 Å². The van der Waals surface area contributed by atoms with Gasteiger partial charge in [-0.15, -0.1) is 0 Å². The van der Waals surface area contributed by atoms with Gasteiger partial charge in [0.15, 0.2) is 0 Å². The van der Waals surface area contributed by atoms with Crippen LogP contribution < -0.4 is 5.73 Å². The molecule has 1 heterocycles. The highest BCUT2D eigenvalue weighted by molar-refractivity contribution is 5.04. The Morgan fingerprint density at radius 3 is 3.11 bits per heavy atom. The Morgan fingerprint density at radius 1 is 1.67 bits per heavy atom. The SMILES string of the molecule is NC/C=C1/CCCOC1. The second-order valence-corrected chi connectivity index (χ2v) is 2.25. The summed E-state index contributed by atoms with van der Waals surface area (Å²) in [6, 6.07) is 0. The molecule has 0 aromatic heterocycles. The van der Waals surface area contributed by atoms with E-state index in [0.717, 1.165) is 19.6 Å². The molecule has 9 heavy (non-hydrogen) atoms. The maximum absolute atomic E-state index is 5.33. The van der Waals surface area contributed by atoms with Crippen LogP contribution in [0.4, 0.5) is 0 Å². The van der Waals surface area contributed by atoms with Gasteiger partial charge in [-0.1, -0.05) is 6.08 Å². The van der Waals surface area contributed by atoms with Gasteiger partial charge < -0.3 is 10.5 Å². The van der Waals surface area contributed by atoms with Crippen LogP contribution in [0.15, 0.2) is 11.6 Å². The highest BCUT2D eigenvalue weighted by atomic mass is 16.5. The molecule has 0 spiro atoms. The van der Waals surface area contributed by atoms with Crippen molar-refractivity contribution in [3.05, 3.63) is 11.6 Å². The molecule has 2 N–H and O–H groups in total. The van der Waals surface area contributed by atoms with Gasteiger partial charge in [0.2, 0.25) is 0 Å². The van der Waals surface area contributed by atoms with Crippen LogP contribution in [0.5, 0.6) is 0 Å². The van der Waals surface area contributed by atoms with Crippen molar-refractivity contribution < 1.29 is 4.74 Å². The number of nitrogens with two attached hydrogens (primary N) is 1. The van der Waals surface area contributed by atoms with Gasteiger partial charge in [0, 0.05) is 13.2 Å². The lowest BCUT2D eigenvalue weighted by Gasteiger charge is -2.13. The number of rotatable bonds is 1. The zero-order valence-electron chi connectivity index (χ0n) is 5.60. The average Bonchev–Trinajstić information content (AvgIpc) is 1.91. The molecule has 0 aliphatic carbocycles. The van der Waals surface area contributed by atoms with Crippen molar-refractivity contribution in [2.45, 2.75) is 12.8 Å². The van der Waals surface area contributed by atoms with Crippen molar-refractivity contribution >= 4 is 0 Å². The van der Waals surface area contributed by atoms with Gasteiger partial charge in [-0.2, -0.15) is 0 Å². The maximum atomic E-state index is 5.33. The van der Waals surface area contributed by atoms with Crippen LogP contribution in [0.2, 0.25) is 0 Å². The third-order valence-corrected chi connectivity index (χ3v) is 1.48. The maximum Gasteiger partial charge on any atom is 0.0677 e. The van der Waals surface area contributed by atoms with Crippen molar-refractivity contribution in [3.63, 3.8) is 0 Å². The average molecular weight is 127 g/mol. The van der Waals surface area contributed by atoms with E-state index in [1.54, 1.807) is 0 Å². The van der Waals surface area contributed by atoms with E-state index < -0.39 is 0 Å². The Hall–Kier alpha value is -0.340. The molecule has 1 aliphatic rings. The van der Waals surface area contributed by atoms with Crippen molar-refractivity contribution in [1.82, 2.24) is 0 Å². The van der Waals surface area contributed by atoms with E-state index in [1.165, 1.54) is 12.0 Å². The van der Waals surface area contributed by atoms with Crippen molar-refractivity contribution in [3.8, 4) is 0 Å². The summed E-state index contributed by atoms with van der Waals surface area (Å²) < 4.78 is 5.21. The van der Waals surface area contributed by atoms with Crippen LogP contribution in [0, 0.1) is 0 Å². The number of hydrogen-bond donors (Lipinski definition) is 1. The molecule has 1 rings (SSSR count). The molecule has 52 valence electrons. The molecule has 0 radical (unpaired) electrons. The van der Waals surface area contributed by atoms with Gasteiger partial charge in [0.25, 0.3) is 0 Å². The van der Waals surface area contributed by atoms with E-state index in [2.05, 4.69) is 6.08 Å². The van der Waals surface area contributed by atoms with Crippen molar-refractivity contribution in [2.75, 3.05) is 19.8 Å². The Bertz CT molecular complexity index is 101. The van der Waals surface area contributed by atoms with E-state index >= 15 is 0 Å². The van der Waals surface area contributed by atoms with Crippen LogP contribution in [-0.4, -0.2) is 19.8 Å². The molecule has 1 saturated heterocycles. The van der Waals surface area contributed by atoms with Crippen LogP contribution in [0.25, 0.3) is 0 Å². The standard InChI is InChI=1S/C7H13NO/c8-4-3-7-2-1-5-9-6-7/h3H,1-2,4-6,8H2/b7-3-. The number of hydrogen-bond acceptors (Lipinski definition) is 2. The fraction of sp³-hybridized carbons (Fsp3) is 0.714. The van der Waals surface area contributed by atoms with Crippen LogP contribution in [0.3, 0.4) is 0 Å². The fourth-order valence-corrected chi connectivity index (χ4v) is 1.00. The second kappa shape index (κ2) is 3.64. The normalized spacial score (nSPS) is 24.8. The van der Waals surface area contributed by atoms with Gasteiger partial charge in [-0.25, -0.2) is 0 Å². The first-order chi connectivity index (χ1) is 4.43. The van der Waals surface area contributed by atoms with Gasteiger partial charge in [0.05, 0.1) is 6.61 Å². The summed E-state index contributed by atoms with van der Waals surface area (Å²) in [6.07, 6.45) is 4.39. The summed E-state index contributed by atoms with van der Waals surface area (Å²) in [5.74, 6) is 0. The lowest BCUT2D eigenvalue weighted by molar-refractivity contribution is 0.130. The molecular weight excluding hydrogens is 114 g/mol. The van der Waals surface area contributed by atoms with E-state index in [4.69, 9.17) is 10.5 Å². The smallest absolute Gasteiger partial charge is 0.0677 e. The molecule has 0 atom stereocenters. The summed E-state index contributed by atoms with van der Waals surface area (Å²) in [7, 11) is 0. The first kappa shape index (κ1) is 6.78. The van der Waals surface area contributed by atoms with E-state index in [-0.39, 0.29) is 0 Å². The van der Waals surface area contributed by atoms with Crippen molar-refractivity contribution in [2.24, 2.45) is 5.73 Å². The fourth-order valence-electron chi connectivity index (χ4n) is 1.00. The monoisotopic (exact) mass is 127 g/mol. The summed E-state index contributed by atoms with van der Waals surface area (Å²) in [6.45, 7) is 2.37. The Morgan fingerprint density at radius 2 is 2.56 bits per heavy atom. The molecule has 1 fully saturated rings. The largest absolute Gasteiger partial charge is 0.377 e. The summed E-state index contributed by atoms with van der Waals surface area (Å²) in [5.41, 5.74) is 6.69.